The number of rotatable bonds is 5. The fourth-order valence-electron chi connectivity index (χ4n) is 3.86. The van der Waals surface area contributed by atoms with Gasteiger partial charge in [-0.05, 0) is 35.4 Å². The monoisotopic (exact) mass is 490 g/mol. The molecule has 0 aliphatic rings. The van der Waals surface area contributed by atoms with Gasteiger partial charge in [-0.25, -0.2) is 19.9 Å². The van der Waals surface area contributed by atoms with Crippen LogP contribution in [0.15, 0.2) is 55.2 Å². The van der Waals surface area contributed by atoms with E-state index in [9.17, 15) is 5.11 Å². The molecule has 0 amide bonds. The molecule has 1 unspecified atom stereocenters. The maximum atomic E-state index is 11.0. The average Bonchev–Trinajstić information content (AvgIpc) is 3.45. The second kappa shape index (κ2) is 8.21. The van der Waals surface area contributed by atoms with Crippen LogP contribution < -0.4 is 5.32 Å². The lowest BCUT2D eigenvalue weighted by Crippen LogP contribution is -2.03. The number of hydrogen-bond acceptors (Lipinski definition) is 7. The van der Waals surface area contributed by atoms with E-state index in [2.05, 4.69) is 40.2 Å². The van der Waals surface area contributed by atoms with E-state index < -0.39 is 6.10 Å². The van der Waals surface area contributed by atoms with E-state index in [1.54, 1.807) is 30.7 Å². The quantitative estimate of drug-likeness (QED) is 0.273. The third-order valence-corrected chi connectivity index (χ3v) is 6.07. The first-order valence-corrected chi connectivity index (χ1v) is 11.1. The number of fused-ring (bicyclic) bond motifs is 3. The van der Waals surface area contributed by atoms with Crippen LogP contribution in [0, 0.1) is 0 Å². The first kappa shape index (κ1) is 20.8. The van der Waals surface area contributed by atoms with Gasteiger partial charge in [-0.15, -0.1) is 0 Å². The summed E-state index contributed by atoms with van der Waals surface area (Å²) in [7, 11) is 0. The van der Waals surface area contributed by atoms with Crippen LogP contribution in [0.2, 0.25) is 10.0 Å². The van der Waals surface area contributed by atoms with Crippen molar-refractivity contribution >= 4 is 62.1 Å². The Morgan fingerprint density at radius 2 is 1.94 bits per heavy atom. The van der Waals surface area contributed by atoms with Gasteiger partial charge in [0.2, 0.25) is 0 Å². The molecule has 0 aliphatic carbocycles. The summed E-state index contributed by atoms with van der Waals surface area (Å²) in [5, 5.41) is 17.1. The topological polar surface area (TPSA) is 128 Å². The molecule has 168 valence electrons. The Morgan fingerprint density at radius 3 is 2.85 bits per heavy atom. The summed E-state index contributed by atoms with van der Waals surface area (Å²) in [6.07, 6.45) is 5.50. The van der Waals surface area contributed by atoms with Gasteiger partial charge in [-0.1, -0.05) is 29.3 Å². The highest BCUT2D eigenvalue weighted by Crippen LogP contribution is 2.28. The van der Waals surface area contributed by atoms with Crippen LogP contribution in [0.4, 0.5) is 5.82 Å². The van der Waals surface area contributed by atoms with E-state index in [4.69, 9.17) is 23.2 Å². The number of H-pyrrole nitrogens is 2. The SMILES string of the molecule is OC(c1ccc2ncc(Cl)cc2c1)c1nc2ncnc(NCc3cnc4[nH]cc(Cl)c4c3)c2[nH]1. The molecule has 0 saturated carbocycles. The molecule has 5 heterocycles. The Kier molecular flexibility index (Phi) is 5.02. The molecule has 34 heavy (non-hydrogen) atoms. The van der Waals surface area contributed by atoms with Gasteiger partial charge in [0, 0.05) is 35.9 Å². The molecule has 11 heteroatoms. The van der Waals surface area contributed by atoms with Crippen LogP contribution in [0.1, 0.15) is 23.1 Å². The average molecular weight is 491 g/mol. The first-order valence-electron chi connectivity index (χ1n) is 10.3. The summed E-state index contributed by atoms with van der Waals surface area (Å²) in [5.74, 6) is 0.917. The van der Waals surface area contributed by atoms with Gasteiger partial charge < -0.3 is 20.4 Å². The predicted octanol–water partition coefficient (Wildman–Crippen LogP) is 4.78. The second-order valence-corrected chi connectivity index (χ2v) is 8.62. The standard InChI is InChI=1S/C23H16Cl2N8O/c24-14-5-13-4-12(1-2-17(13)26-8-14)19(34)23-32-18-21(30-10-31-22(18)33-23)28-7-11-3-15-16(25)9-29-20(15)27-6-11/h1-6,8-10,19,34H,7H2,(H,27,29)(H2,28,30,31,32,33). The minimum Gasteiger partial charge on any atom is -0.380 e. The summed E-state index contributed by atoms with van der Waals surface area (Å²) >= 11 is 12.3. The van der Waals surface area contributed by atoms with Crippen LogP contribution in [0.5, 0.6) is 0 Å². The maximum absolute atomic E-state index is 11.0. The first-order chi connectivity index (χ1) is 16.5. The van der Waals surface area contributed by atoms with E-state index in [1.807, 2.05) is 18.2 Å². The second-order valence-electron chi connectivity index (χ2n) is 7.78. The van der Waals surface area contributed by atoms with E-state index >= 15 is 0 Å². The zero-order chi connectivity index (χ0) is 23.2. The maximum Gasteiger partial charge on any atom is 0.183 e. The van der Waals surface area contributed by atoms with E-state index in [0.717, 1.165) is 27.5 Å². The van der Waals surface area contributed by atoms with Crippen LogP contribution in [0.25, 0.3) is 33.1 Å². The van der Waals surface area contributed by atoms with Crippen LogP contribution in [-0.4, -0.2) is 40.0 Å². The number of benzene rings is 1. The molecule has 1 aromatic carbocycles. The van der Waals surface area contributed by atoms with Gasteiger partial charge in [0.05, 0.1) is 15.6 Å². The Bertz CT molecular complexity index is 1680. The number of imidazole rings is 1. The smallest absolute Gasteiger partial charge is 0.183 e. The van der Waals surface area contributed by atoms with Crippen LogP contribution in [0.3, 0.4) is 0 Å². The summed E-state index contributed by atoms with van der Waals surface area (Å²) in [4.78, 5) is 27.9. The van der Waals surface area contributed by atoms with Crippen molar-refractivity contribution < 1.29 is 5.11 Å². The van der Waals surface area contributed by atoms with Gasteiger partial charge in [-0.2, -0.15) is 0 Å². The molecule has 6 aromatic rings. The Balaban J connectivity index is 1.29. The Morgan fingerprint density at radius 1 is 1.03 bits per heavy atom. The van der Waals surface area contributed by atoms with Gasteiger partial charge >= 0.3 is 0 Å². The molecule has 0 bridgehead atoms. The zero-order valence-corrected chi connectivity index (χ0v) is 18.9. The highest BCUT2D eigenvalue weighted by atomic mass is 35.5. The molecule has 1 atom stereocenters. The fourth-order valence-corrected chi connectivity index (χ4v) is 4.22. The molecule has 0 spiro atoms. The number of aliphatic hydroxyl groups is 1. The number of pyridine rings is 2. The van der Waals surface area contributed by atoms with E-state index in [0.29, 0.717) is 45.0 Å². The van der Waals surface area contributed by atoms with Crippen molar-refractivity contribution in [2.24, 2.45) is 0 Å². The minimum atomic E-state index is -0.993. The normalized spacial score (nSPS) is 12.6. The molecule has 0 aliphatic heterocycles. The summed E-state index contributed by atoms with van der Waals surface area (Å²) in [6.45, 7) is 0.464. The lowest BCUT2D eigenvalue weighted by molar-refractivity contribution is 0.211. The highest BCUT2D eigenvalue weighted by Gasteiger charge is 2.18. The highest BCUT2D eigenvalue weighted by molar-refractivity contribution is 6.35. The lowest BCUT2D eigenvalue weighted by Gasteiger charge is -2.09. The summed E-state index contributed by atoms with van der Waals surface area (Å²) in [6, 6.07) is 9.25. The van der Waals surface area contributed by atoms with Crippen LogP contribution in [-0.2, 0) is 6.54 Å². The summed E-state index contributed by atoms with van der Waals surface area (Å²) < 4.78 is 0. The van der Waals surface area contributed by atoms with Crippen molar-refractivity contribution in [3.05, 3.63) is 82.2 Å². The molecule has 0 fully saturated rings. The molecular weight excluding hydrogens is 475 g/mol. The zero-order valence-electron chi connectivity index (χ0n) is 17.4. The largest absolute Gasteiger partial charge is 0.380 e. The number of anilines is 1. The van der Waals surface area contributed by atoms with Crippen molar-refractivity contribution in [1.29, 1.82) is 0 Å². The number of nitrogens with zero attached hydrogens (tertiary/aromatic N) is 5. The van der Waals surface area contributed by atoms with Crippen molar-refractivity contribution in [2.45, 2.75) is 12.6 Å². The number of aliphatic hydroxyl groups excluding tert-OH is 1. The molecule has 0 saturated heterocycles. The van der Waals surface area contributed by atoms with Crippen LogP contribution >= 0.6 is 23.2 Å². The van der Waals surface area contributed by atoms with Crippen molar-refractivity contribution in [3.8, 4) is 0 Å². The third-order valence-electron chi connectivity index (χ3n) is 5.55. The van der Waals surface area contributed by atoms with Crippen molar-refractivity contribution in [2.75, 3.05) is 5.32 Å². The van der Waals surface area contributed by atoms with Crippen molar-refractivity contribution in [3.63, 3.8) is 0 Å². The molecule has 6 rings (SSSR count). The molecule has 9 nitrogen and oxygen atoms in total. The Hall–Kier alpha value is -3.79. The predicted molar refractivity (Wildman–Crippen MR) is 131 cm³/mol. The van der Waals surface area contributed by atoms with Gasteiger partial charge in [-0.3, -0.25) is 4.98 Å². The van der Waals surface area contributed by atoms with Gasteiger partial charge in [0.25, 0.3) is 0 Å². The summed E-state index contributed by atoms with van der Waals surface area (Å²) in [5.41, 5.74) is 4.15. The number of hydrogen-bond donors (Lipinski definition) is 4. The minimum absolute atomic E-state index is 0.357. The van der Waals surface area contributed by atoms with Gasteiger partial charge in [0.15, 0.2) is 11.5 Å². The number of halogens is 2. The number of nitrogens with one attached hydrogen (secondary N) is 3. The third kappa shape index (κ3) is 3.69. The number of aromatic amines is 2. The molecular formula is C23H16Cl2N8O. The fraction of sp³-hybridized carbons (Fsp3) is 0.0870. The lowest BCUT2D eigenvalue weighted by atomic mass is 10.1. The van der Waals surface area contributed by atoms with E-state index in [1.165, 1.54) is 6.33 Å². The number of aromatic nitrogens is 7. The molecule has 5 aromatic heterocycles. The molecule has 0 radical (unpaired) electrons. The van der Waals surface area contributed by atoms with Gasteiger partial charge in [0.1, 0.15) is 29.4 Å². The Labute approximate surface area is 202 Å². The molecule has 4 N–H and O–H groups in total. The van der Waals surface area contributed by atoms with E-state index in [-0.39, 0.29) is 0 Å². The van der Waals surface area contributed by atoms with Crippen molar-refractivity contribution in [1.82, 2.24) is 34.9 Å².